The molecule has 0 unspecified atom stereocenters. The van der Waals surface area contributed by atoms with Gasteiger partial charge in [0.05, 0.1) is 12.0 Å². The van der Waals surface area contributed by atoms with Crippen molar-refractivity contribution in [3.8, 4) is 0 Å². The zero-order valence-electron chi connectivity index (χ0n) is 11.5. The highest BCUT2D eigenvalue weighted by Gasteiger charge is 2.30. The number of hydrogen-bond acceptors (Lipinski definition) is 5. The second-order valence-corrected chi connectivity index (χ2v) is 4.93. The van der Waals surface area contributed by atoms with Crippen molar-refractivity contribution in [2.45, 2.75) is 26.8 Å². The summed E-state index contributed by atoms with van der Waals surface area (Å²) in [6, 6.07) is -0.719. The molecule has 0 atom stereocenters. The Labute approximate surface area is 115 Å². The van der Waals surface area contributed by atoms with Gasteiger partial charge in [-0.15, -0.1) is 0 Å². The number of urea groups is 1. The number of carboxylic acid groups (broad SMARTS) is 1. The monoisotopic (exact) mass is 283 g/mol. The Morgan fingerprint density at radius 2 is 2.05 bits per heavy atom. The second-order valence-electron chi connectivity index (χ2n) is 4.93. The van der Waals surface area contributed by atoms with Gasteiger partial charge in [-0.1, -0.05) is 0 Å². The molecule has 0 radical (unpaired) electrons. The molecule has 1 rings (SSSR count). The van der Waals surface area contributed by atoms with Gasteiger partial charge in [0.15, 0.2) is 5.82 Å². The SMILES string of the molecule is Cn1cnc(CNC(=O)NC(=O)CC(C)(C)C(=O)O)n1. The van der Waals surface area contributed by atoms with Gasteiger partial charge in [-0.2, -0.15) is 5.10 Å². The van der Waals surface area contributed by atoms with E-state index in [2.05, 4.69) is 20.7 Å². The maximum Gasteiger partial charge on any atom is 0.321 e. The number of amides is 3. The van der Waals surface area contributed by atoms with Crippen LogP contribution < -0.4 is 10.6 Å². The summed E-state index contributed by atoms with van der Waals surface area (Å²) in [4.78, 5) is 37.7. The first-order valence-electron chi connectivity index (χ1n) is 5.86. The molecule has 1 aromatic rings. The fourth-order valence-corrected chi connectivity index (χ4v) is 1.32. The molecule has 20 heavy (non-hydrogen) atoms. The number of carbonyl (C=O) groups is 3. The normalized spacial score (nSPS) is 10.9. The molecular formula is C11H17N5O4. The van der Waals surface area contributed by atoms with E-state index in [1.807, 2.05) is 0 Å². The maximum atomic E-state index is 11.5. The van der Waals surface area contributed by atoms with Crippen LogP contribution in [0.1, 0.15) is 26.1 Å². The number of aryl methyl sites for hydroxylation is 1. The molecule has 0 aliphatic carbocycles. The molecule has 0 aliphatic rings. The van der Waals surface area contributed by atoms with Crippen molar-refractivity contribution in [2.75, 3.05) is 0 Å². The van der Waals surface area contributed by atoms with Gasteiger partial charge < -0.3 is 10.4 Å². The van der Waals surface area contributed by atoms with E-state index in [1.54, 1.807) is 7.05 Å². The second kappa shape index (κ2) is 6.13. The van der Waals surface area contributed by atoms with Crippen molar-refractivity contribution in [3.05, 3.63) is 12.2 Å². The zero-order valence-corrected chi connectivity index (χ0v) is 11.5. The lowest BCUT2D eigenvalue weighted by molar-refractivity contribution is -0.149. The maximum absolute atomic E-state index is 11.5. The summed E-state index contributed by atoms with van der Waals surface area (Å²) in [5.41, 5.74) is -1.23. The minimum atomic E-state index is -1.23. The Bertz CT molecular complexity index is 523. The van der Waals surface area contributed by atoms with E-state index in [0.29, 0.717) is 5.82 Å². The molecule has 9 heteroatoms. The summed E-state index contributed by atoms with van der Waals surface area (Å²) < 4.78 is 1.48. The summed E-state index contributed by atoms with van der Waals surface area (Å²) >= 11 is 0. The lowest BCUT2D eigenvalue weighted by Gasteiger charge is -2.17. The van der Waals surface area contributed by atoms with Gasteiger partial charge in [-0.3, -0.25) is 19.6 Å². The van der Waals surface area contributed by atoms with Gasteiger partial charge in [0.1, 0.15) is 6.33 Å². The first kappa shape index (κ1) is 15.6. The van der Waals surface area contributed by atoms with Crippen molar-refractivity contribution >= 4 is 17.9 Å². The van der Waals surface area contributed by atoms with Crippen LogP contribution in [-0.2, 0) is 23.2 Å². The average molecular weight is 283 g/mol. The molecule has 1 aromatic heterocycles. The van der Waals surface area contributed by atoms with Crippen LogP contribution in [0.15, 0.2) is 6.33 Å². The van der Waals surface area contributed by atoms with Crippen LogP contribution in [0.25, 0.3) is 0 Å². The smallest absolute Gasteiger partial charge is 0.321 e. The summed E-state index contributed by atoms with van der Waals surface area (Å²) in [6.07, 6.45) is 1.19. The van der Waals surface area contributed by atoms with Gasteiger partial charge >= 0.3 is 12.0 Å². The van der Waals surface area contributed by atoms with Crippen LogP contribution in [0.4, 0.5) is 4.79 Å². The molecule has 9 nitrogen and oxygen atoms in total. The number of hydrogen-bond donors (Lipinski definition) is 3. The molecule has 0 bridgehead atoms. The Morgan fingerprint density at radius 3 is 2.55 bits per heavy atom. The Balaban J connectivity index is 2.39. The lowest BCUT2D eigenvalue weighted by Crippen LogP contribution is -2.42. The predicted octanol–water partition coefficient (Wildman–Crippen LogP) is -0.358. The van der Waals surface area contributed by atoms with Crippen LogP contribution in [0.3, 0.4) is 0 Å². The van der Waals surface area contributed by atoms with Gasteiger partial charge in [0.2, 0.25) is 5.91 Å². The summed E-state index contributed by atoms with van der Waals surface area (Å²) in [7, 11) is 1.69. The molecule has 0 fully saturated rings. The Hall–Kier alpha value is -2.45. The van der Waals surface area contributed by atoms with Gasteiger partial charge in [0, 0.05) is 13.5 Å². The Morgan fingerprint density at radius 1 is 1.40 bits per heavy atom. The third kappa shape index (κ3) is 4.67. The number of rotatable bonds is 5. The standard InChI is InChI=1S/C11H17N5O4/c1-11(2,9(18)19)4-8(17)14-10(20)12-5-7-13-6-16(3)15-7/h6H,4-5H2,1-3H3,(H,18,19)(H2,12,14,17,20). The Kier molecular flexibility index (Phi) is 4.78. The van der Waals surface area contributed by atoms with Crippen LogP contribution in [-0.4, -0.2) is 37.8 Å². The topological polar surface area (TPSA) is 126 Å². The molecule has 3 N–H and O–H groups in total. The average Bonchev–Trinajstić information content (AvgIpc) is 2.71. The zero-order chi connectivity index (χ0) is 15.3. The number of aliphatic carboxylic acids is 1. The molecule has 0 spiro atoms. The van der Waals surface area contributed by atoms with E-state index in [-0.39, 0.29) is 13.0 Å². The molecule has 0 aliphatic heterocycles. The number of carboxylic acids is 1. The van der Waals surface area contributed by atoms with Gasteiger partial charge in [-0.05, 0) is 13.8 Å². The molecule has 110 valence electrons. The number of nitrogens with one attached hydrogen (secondary N) is 2. The molecule has 0 saturated carbocycles. The van der Waals surface area contributed by atoms with Crippen LogP contribution in [0.2, 0.25) is 0 Å². The van der Waals surface area contributed by atoms with E-state index in [4.69, 9.17) is 5.11 Å². The minimum Gasteiger partial charge on any atom is -0.481 e. The number of nitrogens with zero attached hydrogens (tertiary/aromatic N) is 3. The highest BCUT2D eigenvalue weighted by molar-refractivity contribution is 5.96. The van der Waals surface area contributed by atoms with Crippen molar-refractivity contribution in [3.63, 3.8) is 0 Å². The third-order valence-electron chi connectivity index (χ3n) is 2.49. The number of carbonyl (C=O) groups excluding carboxylic acids is 2. The molecule has 1 heterocycles. The van der Waals surface area contributed by atoms with Crippen LogP contribution >= 0.6 is 0 Å². The first-order valence-corrected chi connectivity index (χ1v) is 5.86. The van der Waals surface area contributed by atoms with Crippen molar-refractivity contribution in [2.24, 2.45) is 12.5 Å². The van der Waals surface area contributed by atoms with Crippen molar-refractivity contribution in [1.29, 1.82) is 0 Å². The predicted molar refractivity (Wildman–Crippen MR) is 67.4 cm³/mol. The fraction of sp³-hybridized carbons (Fsp3) is 0.545. The quantitative estimate of drug-likeness (QED) is 0.677. The largest absolute Gasteiger partial charge is 0.481 e. The van der Waals surface area contributed by atoms with Crippen LogP contribution in [0, 0.1) is 5.41 Å². The molecular weight excluding hydrogens is 266 g/mol. The number of imide groups is 1. The molecule has 3 amide bonds. The van der Waals surface area contributed by atoms with E-state index in [9.17, 15) is 14.4 Å². The fourth-order valence-electron chi connectivity index (χ4n) is 1.32. The highest BCUT2D eigenvalue weighted by Crippen LogP contribution is 2.19. The summed E-state index contributed by atoms with van der Waals surface area (Å²) in [5.74, 6) is -1.37. The highest BCUT2D eigenvalue weighted by atomic mass is 16.4. The van der Waals surface area contributed by atoms with Crippen LogP contribution in [0.5, 0.6) is 0 Å². The summed E-state index contributed by atoms with van der Waals surface area (Å²) in [5, 5.41) is 17.3. The number of aromatic nitrogens is 3. The molecule has 0 aromatic carbocycles. The third-order valence-corrected chi connectivity index (χ3v) is 2.49. The lowest BCUT2D eigenvalue weighted by atomic mass is 9.89. The molecule has 0 saturated heterocycles. The van der Waals surface area contributed by atoms with Crippen molar-refractivity contribution < 1.29 is 19.5 Å². The van der Waals surface area contributed by atoms with E-state index < -0.39 is 23.3 Å². The van der Waals surface area contributed by atoms with E-state index >= 15 is 0 Å². The van der Waals surface area contributed by atoms with Gasteiger partial charge in [0.25, 0.3) is 0 Å². The van der Waals surface area contributed by atoms with E-state index in [1.165, 1.54) is 24.9 Å². The van der Waals surface area contributed by atoms with Crippen molar-refractivity contribution in [1.82, 2.24) is 25.4 Å². The van der Waals surface area contributed by atoms with E-state index in [0.717, 1.165) is 0 Å². The summed E-state index contributed by atoms with van der Waals surface area (Å²) in [6.45, 7) is 2.89. The minimum absolute atomic E-state index is 0.0717. The van der Waals surface area contributed by atoms with Gasteiger partial charge in [-0.25, -0.2) is 9.78 Å². The first-order chi connectivity index (χ1) is 9.20.